The van der Waals surface area contributed by atoms with E-state index in [-0.39, 0.29) is 35.9 Å². The van der Waals surface area contributed by atoms with Gasteiger partial charge in [0.2, 0.25) is 0 Å². The van der Waals surface area contributed by atoms with Gasteiger partial charge in [-0.3, -0.25) is 9.97 Å². The number of aryl methyl sites for hydroxylation is 1. The number of halogens is 6. The van der Waals surface area contributed by atoms with E-state index in [2.05, 4.69) is 19.4 Å². The van der Waals surface area contributed by atoms with Crippen LogP contribution in [-0.4, -0.2) is 41.3 Å². The van der Waals surface area contributed by atoms with Gasteiger partial charge in [-0.05, 0) is 24.6 Å². The standard InChI is InChI=1S/C19H20F6N2O4/c1-3-4-14-15(31-13-7-8-26-12(9-13)10-28)5-6-16(27-14)17(18(20,21)22,19(23,24)25)30-11-29-2/h5-9,28H,3-4,10-11H2,1-2H3. The first-order valence-corrected chi connectivity index (χ1v) is 9.00. The molecule has 2 aromatic rings. The molecule has 6 nitrogen and oxygen atoms in total. The first-order chi connectivity index (χ1) is 14.5. The van der Waals surface area contributed by atoms with Crippen molar-refractivity contribution in [1.82, 2.24) is 9.97 Å². The van der Waals surface area contributed by atoms with Crippen LogP contribution in [-0.2, 0) is 28.1 Å². The third-order valence-electron chi connectivity index (χ3n) is 4.15. The van der Waals surface area contributed by atoms with E-state index in [1.54, 1.807) is 6.92 Å². The van der Waals surface area contributed by atoms with Crippen LogP contribution in [0.2, 0.25) is 0 Å². The Morgan fingerprint density at radius 1 is 1.03 bits per heavy atom. The molecular weight excluding hydrogens is 434 g/mol. The Labute approximate surface area is 173 Å². The van der Waals surface area contributed by atoms with Gasteiger partial charge in [-0.1, -0.05) is 13.3 Å². The molecule has 0 aliphatic heterocycles. The van der Waals surface area contributed by atoms with Gasteiger partial charge < -0.3 is 19.3 Å². The predicted molar refractivity (Wildman–Crippen MR) is 95.2 cm³/mol. The minimum Gasteiger partial charge on any atom is -0.455 e. The largest absolute Gasteiger partial charge is 0.455 e. The van der Waals surface area contributed by atoms with Gasteiger partial charge in [0.25, 0.3) is 0 Å². The quantitative estimate of drug-likeness (QED) is 0.439. The Balaban J connectivity index is 2.60. The van der Waals surface area contributed by atoms with Gasteiger partial charge >= 0.3 is 18.0 Å². The zero-order valence-corrected chi connectivity index (χ0v) is 16.5. The first kappa shape index (κ1) is 24.8. The lowest BCUT2D eigenvalue weighted by atomic mass is 9.96. The maximum absolute atomic E-state index is 13.7. The Morgan fingerprint density at radius 2 is 1.71 bits per heavy atom. The van der Waals surface area contributed by atoms with Crippen LogP contribution in [0.5, 0.6) is 11.5 Å². The highest BCUT2D eigenvalue weighted by atomic mass is 19.4. The van der Waals surface area contributed by atoms with Crippen LogP contribution in [0.15, 0.2) is 30.5 Å². The summed E-state index contributed by atoms with van der Waals surface area (Å²) in [6.45, 7) is 0.0341. The lowest BCUT2D eigenvalue weighted by Gasteiger charge is -2.36. The zero-order valence-electron chi connectivity index (χ0n) is 16.5. The van der Waals surface area contributed by atoms with Crippen LogP contribution in [0, 0.1) is 0 Å². The maximum atomic E-state index is 13.7. The van der Waals surface area contributed by atoms with Crippen LogP contribution < -0.4 is 4.74 Å². The average Bonchev–Trinajstić information content (AvgIpc) is 2.68. The Hall–Kier alpha value is -2.44. The minimum absolute atomic E-state index is 0.0364. The highest BCUT2D eigenvalue weighted by Gasteiger charge is 2.74. The number of aliphatic hydroxyl groups excluding tert-OH is 1. The van der Waals surface area contributed by atoms with Crippen molar-refractivity contribution in [2.45, 2.75) is 44.3 Å². The fourth-order valence-corrected chi connectivity index (χ4v) is 2.76. The molecule has 0 aromatic carbocycles. The van der Waals surface area contributed by atoms with Crippen molar-refractivity contribution in [2.24, 2.45) is 0 Å². The van der Waals surface area contributed by atoms with E-state index in [4.69, 9.17) is 9.84 Å². The average molecular weight is 454 g/mol. The van der Waals surface area contributed by atoms with E-state index in [1.807, 2.05) is 0 Å². The second-order valence-electron chi connectivity index (χ2n) is 6.36. The molecule has 1 N–H and O–H groups in total. The highest BCUT2D eigenvalue weighted by molar-refractivity contribution is 5.37. The number of rotatable bonds is 9. The van der Waals surface area contributed by atoms with E-state index in [0.717, 1.165) is 13.2 Å². The van der Waals surface area contributed by atoms with Crippen LogP contribution in [0.25, 0.3) is 0 Å². The van der Waals surface area contributed by atoms with Crippen LogP contribution in [0.1, 0.15) is 30.4 Å². The molecule has 0 bridgehead atoms. The molecule has 2 heterocycles. The summed E-state index contributed by atoms with van der Waals surface area (Å²) in [6, 6.07) is 4.31. The summed E-state index contributed by atoms with van der Waals surface area (Å²) >= 11 is 0. The monoisotopic (exact) mass is 454 g/mol. The molecule has 12 heteroatoms. The van der Waals surface area contributed by atoms with Crippen molar-refractivity contribution in [3.63, 3.8) is 0 Å². The van der Waals surface area contributed by atoms with Crippen molar-refractivity contribution >= 4 is 0 Å². The molecule has 172 valence electrons. The number of hydrogen-bond acceptors (Lipinski definition) is 6. The number of pyridine rings is 2. The van der Waals surface area contributed by atoms with Crippen molar-refractivity contribution in [2.75, 3.05) is 13.9 Å². The van der Waals surface area contributed by atoms with E-state index in [1.165, 1.54) is 18.3 Å². The molecule has 0 atom stereocenters. The summed E-state index contributed by atoms with van der Waals surface area (Å²) in [6.07, 6.45) is -10.0. The van der Waals surface area contributed by atoms with E-state index in [0.29, 0.717) is 12.5 Å². The molecule has 0 fully saturated rings. The second kappa shape index (κ2) is 9.79. The van der Waals surface area contributed by atoms with Crippen LogP contribution in [0.3, 0.4) is 0 Å². The molecule has 0 aliphatic carbocycles. The Kier molecular flexibility index (Phi) is 7.84. The molecule has 0 spiro atoms. The fourth-order valence-electron chi connectivity index (χ4n) is 2.76. The van der Waals surface area contributed by atoms with Crippen molar-refractivity contribution in [3.05, 3.63) is 47.5 Å². The van der Waals surface area contributed by atoms with Gasteiger partial charge in [-0.2, -0.15) is 26.3 Å². The summed E-state index contributed by atoms with van der Waals surface area (Å²) in [5.41, 5.74) is -5.93. The highest BCUT2D eigenvalue weighted by Crippen LogP contribution is 2.52. The summed E-state index contributed by atoms with van der Waals surface area (Å²) in [5.74, 6) is 0.144. The SMILES string of the molecule is CCCc1nc(C(OCOC)(C(F)(F)F)C(F)(F)F)ccc1Oc1ccnc(CO)c1. The van der Waals surface area contributed by atoms with Crippen molar-refractivity contribution < 1.29 is 45.7 Å². The molecule has 0 radical (unpaired) electrons. The van der Waals surface area contributed by atoms with Crippen molar-refractivity contribution in [3.8, 4) is 11.5 Å². The third kappa shape index (κ3) is 5.25. The smallest absolute Gasteiger partial charge is 0.432 e. The van der Waals surface area contributed by atoms with Gasteiger partial charge in [0.1, 0.15) is 18.3 Å². The molecule has 0 aliphatic rings. The van der Waals surface area contributed by atoms with E-state index in [9.17, 15) is 26.3 Å². The minimum atomic E-state index is -5.87. The van der Waals surface area contributed by atoms with Gasteiger partial charge in [0, 0.05) is 19.4 Å². The first-order valence-electron chi connectivity index (χ1n) is 9.00. The number of ether oxygens (including phenoxy) is 3. The number of methoxy groups -OCH3 is 1. The van der Waals surface area contributed by atoms with Crippen LogP contribution >= 0.6 is 0 Å². The molecule has 0 saturated carbocycles. The lowest BCUT2D eigenvalue weighted by molar-refractivity contribution is -0.401. The third-order valence-corrected chi connectivity index (χ3v) is 4.15. The number of alkyl halides is 6. The number of aliphatic hydroxyl groups is 1. The summed E-state index contributed by atoms with van der Waals surface area (Å²) in [4.78, 5) is 7.51. The molecular formula is C19H20F6N2O4. The van der Waals surface area contributed by atoms with Gasteiger partial charge in [0.15, 0.2) is 0 Å². The second-order valence-corrected chi connectivity index (χ2v) is 6.36. The molecule has 0 amide bonds. The van der Waals surface area contributed by atoms with Gasteiger partial charge in [-0.25, -0.2) is 0 Å². The number of nitrogens with zero attached hydrogens (tertiary/aromatic N) is 2. The summed E-state index contributed by atoms with van der Waals surface area (Å²) in [5, 5.41) is 9.15. The van der Waals surface area contributed by atoms with Gasteiger partial charge in [-0.15, -0.1) is 0 Å². The molecule has 0 saturated heterocycles. The zero-order chi connectivity index (χ0) is 23.3. The molecule has 2 aromatic heterocycles. The summed E-state index contributed by atoms with van der Waals surface area (Å²) in [7, 11) is 0.903. The predicted octanol–water partition coefficient (Wildman–Crippen LogP) is 4.65. The fraction of sp³-hybridized carbons (Fsp3) is 0.474. The molecule has 0 unspecified atom stereocenters. The molecule has 31 heavy (non-hydrogen) atoms. The van der Waals surface area contributed by atoms with Crippen LogP contribution in [0.4, 0.5) is 26.3 Å². The number of hydrogen-bond donors (Lipinski definition) is 1. The topological polar surface area (TPSA) is 73.7 Å². The normalized spacial score (nSPS) is 12.8. The lowest BCUT2D eigenvalue weighted by Crippen LogP contribution is -2.56. The maximum Gasteiger partial charge on any atom is 0.432 e. The van der Waals surface area contributed by atoms with Crippen molar-refractivity contribution in [1.29, 1.82) is 0 Å². The van der Waals surface area contributed by atoms with E-state index >= 15 is 0 Å². The Morgan fingerprint density at radius 3 is 2.26 bits per heavy atom. The Bertz CT molecular complexity index is 859. The van der Waals surface area contributed by atoms with E-state index < -0.39 is 30.4 Å². The number of aromatic nitrogens is 2. The molecule has 2 rings (SSSR count). The van der Waals surface area contributed by atoms with Gasteiger partial charge in [0.05, 0.1) is 23.7 Å². The summed E-state index contributed by atoms with van der Waals surface area (Å²) < 4.78 is 96.5.